The molecule has 1 aliphatic carbocycles. The highest BCUT2D eigenvalue weighted by Gasteiger charge is 2.40. The van der Waals surface area contributed by atoms with E-state index in [1.54, 1.807) is 0 Å². The Labute approximate surface area is 146 Å². The Hall–Kier alpha value is -1.26. The minimum atomic E-state index is -0.241. The summed E-state index contributed by atoms with van der Waals surface area (Å²) in [7, 11) is 0. The first-order chi connectivity index (χ1) is 11.1. The van der Waals surface area contributed by atoms with Gasteiger partial charge in [-0.2, -0.15) is 0 Å². The summed E-state index contributed by atoms with van der Waals surface area (Å²) in [5, 5.41) is 6.00. The van der Waals surface area contributed by atoms with E-state index in [0.717, 1.165) is 38.8 Å². The maximum Gasteiger partial charge on any atom is 0.315 e. The number of piperidine rings is 1. The van der Waals surface area contributed by atoms with Crippen molar-refractivity contribution < 1.29 is 9.59 Å². The fraction of sp³-hybridized carbons (Fsp3) is 0.895. The number of likely N-dealkylation sites (tertiary alicyclic amines) is 1. The van der Waals surface area contributed by atoms with Crippen molar-refractivity contribution in [2.24, 2.45) is 11.3 Å². The molecule has 0 aromatic heterocycles. The molecule has 1 saturated heterocycles. The van der Waals surface area contributed by atoms with E-state index >= 15 is 0 Å². The maximum atomic E-state index is 12.9. The minimum Gasteiger partial charge on any atom is -0.342 e. The molecule has 2 fully saturated rings. The van der Waals surface area contributed by atoms with Crippen molar-refractivity contribution in [1.29, 1.82) is 0 Å². The van der Waals surface area contributed by atoms with E-state index in [0.29, 0.717) is 11.8 Å². The van der Waals surface area contributed by atoms with Crippen LogP contribution in [0.1, 0.15) is 73.1 Å². The number of nitrogens with zero attached hydrogens (tertiary/aromatic N) is 1. The molecule has 1 saturated carbocycles. The Morgan fingerprint density at radius 1 is 1.17 bits per heavy atom. The van der Waals surface area contributed by atoms with Gasteiger partial charge in [0.25, 0.3) is 0 Å². The molecule has 5 nitrogen and oxygen atoms in total. The highest BCUT2D eigenvalue weighted by Crippen LogP contribution is 2.40. The van der Waals surface area contributed by atoms with E-state index in [1.807, 2.05) is 20.8 Å². The number of urea groups is 1. The number of hydrogen-bond acceptors (Lipinski definition) is 2. The van der Waals surface area contributed by atoms with Crippen LogP contribution in [0.3, 0.4) is 0 Å². The van der Waals surface area contributed by atoms with Crippen molar-refractivity contribution in [1.82, 2.24) is 15.5 Å². The summed E-state index contributed by atoms with van der Waals surface area (Å²) < 4.78 is 0. The zero-order valence-electron chi connectivity index (χ0n) is 16.1. The van der Waals surface area contributed by atoms with Crippen LogP contribution in [0.2, 0.25) is 0 Å². The average molecular weight is 338 g/mol. The molecule has 1 heterocycles. The van der Waals surface area contributed by atoms with E-state index < -0.39 is 0 Å². The molecular weight excluding hydrogens is 302 g/mol. The van der Waals surface area contributed by atoms with Crippen molar-refractivity contribution in [2.75, 3.05) is 13.1 Å². The smallest absolute Gasteiger partial charge is 0.315 e. The topological polar surface area (TPSA) is 61.4 Å². The molecule has 2 atom stereocenters. The van der Waals surface area contributed by atoms with Gasteiger partial charge in [0.05, 0.1) is 0 Å². The molecule has 138 valence electrons. The largest absolute Gasteiger partial charge is 0.342 e. The van der Waals surface area contributed by atoms with Crippen molar-refractivity contribution in [3.8, 4) is 0 Å². The molecule has 1 aliphatic heterocycles. The Bertz CT molecular complexity index is 464. The van der Waals surface area contributed by atoms with Gasteiger partial charge in [-0.3, -0.25) is 4.79 Å². The Morgan fingerprint density at radius 2 is 1.79 bits per heavy atom. The Morgan fingerprint density at radius 3 is 2.38 bits per heavy atom. The van der Waals surface area contributed by atoms with E-state index in [9.17, 15) is 9.59 Å². The average Bonchev–Trinajstić information content (AvgIpc) is 2.92. The molecule has 0 unspecified atom stereocenters. The molecule has 0 aromatic carbocycles. The first kappa shape index (κ1) is 19.1. The molecule has 3 amide bonds. The molecule has 0 spiro atoms. The molecule has 2 aliphatic rings. The van der Waals surface area contributed by atoms with Gasteiger partial charge in [-0.1, -0.05) is 19.8 Å². The predicted octanol–water partition coefficient (Wildman–Crippen LogP) is 3.29. The van der Waals surface area contributed by atoms with Crippen LogP contribution in [0.15, 0.2) is 0 Å². The van der Waals surface area contributed by atoms with Crippen molar-refractivity contribution in [3.63, 3.8) is 0 Å². The predicted molar refractivity (Wildman–Crippen MR) is 96.8 cm³/mol. The number of carbonyl (C=O) groups is 2. The van der Waals surface area contributed by atoms with Crippen LogP contribution in [0, 0.1) is 11.3 Å². The van der Waals surface area contributed by atoms with Crippen molar-refractivity contribution in [2.45, 2.75) is 84.7 Å². The SMILES string of the molecule is C[C@@H](NC(=O)NC(C)(C)C)[C@H]1CCCN(C(=O)C2(C)CCCC2)C1. The summed E-state index contributed by atoms with van der Waals surface area (Å²) in [6.07, 6.45) is 6.48. The third-order valence-electron chi connectivity index (χ3n) is 5.52. The van der Waals surface area contributed by atoms with Crippen LogP contribution < -0.4 is 10.6 Å². The fourth-order valence-electron chi connectivity index (χ4n) is 4.05. The highest BCUT2D eigenvalue weighted by atomic mass is 16.2. The van der Waals surface area contributed by atoms with Crippen LogP contribution in [0.4, 0.5) is 4.79 Å². The Kier molecular flexibility index (Phi) is 5.82. The first-order valence-corrected chi connectivity index (χ1v) is 9.49. The van der Waals surface area contributed by atoms with Gasteiger partial charge in [-0.25, -0.2) is 4.79 Å². The Balaban J connectivity index is 1.90. The van der Waals surface area contributed by atoms with Crippen LogP contribution in [0.5, 0.6) is 0 Å². The molecule has 0 bridgehead atoms. The van der Waals surface area contributed by atoms with Crippen LogP contribution in [0.25, 0.3) is 0 Å². The zero-order valence-corrected chi connectivity index (χ0v) is 16.1. The number of nitrogens with one attached hydrogen (secondary N) is 2. The fourth-order valence-corrected chi connectivity index (χ4v) is 4.05. The lowest BCUT2D eigenvalue weighted by Crippen LogP contribution is -2.54. The number of hydrogen-bond donors (Lipinski definition) is 2. The van der Waals surface area contributed by atoms with Crippen molar-refractivity contribution >= 4 is 11.9 Å². The maximum absolute atomic E-state index is 12.9. The third kappa shape index (κ3) is 4.87. The van der Waals surface area contributed by atoms with Crippen LogP contribution in [-0.2, 0) is 4.79 Å². The number of amides is 3. The highest BCUT2D eigenvalue weighted by molar-refractivity contribution is 5.82. The monoisotopic (exact) mass is 337 g/mol. The van der Waals surface area contributed by atoms with Crippen molar-refractivity contribution in [3.05, 3.63) is 0 Å². The second-order valence-electron chi connectivity index (χ2n) is 9.06. The molecule has 0 radical (unpaired) electrons. The lowest BCUT2D eigenvalue weighted by Gasteiger charge is -2.39. The second-order valence-corrected chi connectivity index (χ2v) is 9.06. The second kappa shape index (κ2) is 7.32. The van der Waals surface area contributed by atoms with Gasteiger partial charge in [0, 0.05) is 30.1 Å². The molecule has 2 N–H and O–H groups in total. The summed E-state index contributed by atoms with van der Waals surface area (Å²) in [4.78, 5) is 27.1. The summed E-state index contributed by atoms with van der Waals surface area (Å²) in [6.45, 7) is 11.7. The quantitative estimate of drug-likeness (QED) is 0.830. The van der Waals surface area contributed by atoms with Crippen LogP contribution in [-0.4, -0.2) is 41.5 Å². The zero-order chi connectivity index (χ0) is 18.0. The van der Waals surface area contributed by atoms with Gasteiger partial charge >= 0.3 is 6.03 Å². The van der Waals surface area contributed by atoms with Gasteiger partial charge in [0.15, 0.2) is 0 Å². The van der Waals surface area contributed by atoms with Gasteiger partial charge in [-0.05, 0) is 59.3 Å². The van der Waals surface area contributed by atoms with Gasteiger partial charge in [0.2, 0.25) is 5.91 Å². The normalized spacial score (nSPS) is 25.2. The third-order valence-corrected chi connectivity index (χ3v) is 5.52. The van der Waals surface area contributed by atoms with Gasteiger partial charge in [0.1, 0.15) is 0 Å². The summed E-state index contributed by atoms with van der Waals surface area (Å²) >= 11 is 0. The summed E-state index contributed by atoms with van der Waals surface area (Å²) in [5.41, 5.74) is -0.391. The lowest BCUT2D eigenvalue weighted by molar-refractivity contribution is -0.143. The minimum absolute atomic E-state index is 0.0688. The number of carbonyl (C=O) groups excluding carboxylic acids is 2. The van der Waals surface area contributed by atoms with E-state index in [1.165, 1.54) is 12.8 Å². The standard InChI is InChI=1S/C19H35N3O2/c1-14(20-17(24)21-18(2,3)4)15-9-8-12-22(13-15)16(23)19(5)10-6-7-11-19/h14-15H,6-13H2,1-5H3,(H2,20,21,24)/t14-,15+/m1/s1. The molecule has 2 rings (SSSR count). The van der Waals surface area contributed by atoms with E-state index in [-0.39, 0.29) is 23.0 Å². The summed E-state index contributed by atoms with van der Waals surface area (Å²) in [6, 6.07) is -0.0551. The van der Waals surface area contributed by atoms with E-state index in [4.69, 9.17) is 0 Å². The van der Waals surface area contributed by atoms with E-state index in [2.05, 4.69) is 29.4 Å². The molecule has 24 heavy (non-hydrogen) atoms. The molecule has 5 heteroatoms. The van der Waals surface area contributed by atoms with Gasteiger partial charge in [-0.15, -0.1) is 0 Å². The van der Waals surface area contributed by atoms with Crippen LogP contribution >= 0.6 is 0 Å². The molecule has 0 aromatic rings. The molecular formula is C19H35N3O2. The first-order valence-electron chi connectivity index (χ1n) is 9.49. The number of rotatable bonds is 3. The van der Waals surface area contributed by atoms with Gasteiger partial charge < -0.3 is 15.5 Å². The summed E-state index contributed by atoms with van der Waals surface area (Å²) in [5.74, 6) is 0.662. The lowest BCUT2D eigenvalue weighted by atomic mass is 9.84.